The smallest absolute Gasteiger partial charge is 0.0887 e. The van der Waals surface area contributed by atoms with Gasteiger partial charge in [-0.15, -0.1) is 0 Å². The van der Waals surface area contributed by atoms with Gasteiger partial charge in [-0.3, -0.25) is 0 Å². The van der Waals surface area contributed by atoms with E-state index in [9.17, 15) is 0 Å². The number of rotatable bonds is 4. The van der Waals surface area contributed by atoms with E-state index in [0.717, 1.165) is 19.4 Å². The monoisotopic (exact) mass is 232 g/mol. The van der Waals surface area contributed by atoms with Crippen LogP contribution in [0.25, 0.3) is 0 Å². The van der Waals surface area contributed by atoms with Gasteiger partial charge in [-0.05, 0) is 24.8 Å². The molecule has 1 aromatic carbocycles. The third-order valence-electron chi connectivity index (χ3n) is 3.18. The van der Waals surface area contributed by atoms with E-state index in [1.165, 1.54) is 12.0 Å². The number of aliphatic hydroxyl groups is 1. The molecule has 2 rings (SSSR count). The Labute approximate surface area is 103 Å². The van der Waals surface area contributed by atoms with E-state index in [2.05, 4.69) is 36.4 Å². The van der Waals surface area contributed by atoms with Crippen LogP contribution >= 0.6 is 0 Å². The van der Waals surface area contributed by atoms with Crippen LogP contribution in [0.15, 0.2) is 42.5 Å². The maximum absolute atomic E-state index is 8.80. The van der Waals surface area contributed by atoms with Gasteiger partial charge in [-0.25, -0.2) is 0 Å². The molecule has 1 heterocycles. The first kappa shape index (κ1) is 12.3. The normalized spacial score (nSPS) is 25.2. The molecule has 0 aromatic heterocycles. The molecule has 0 radical (unpaired) electrons. The second-order valence-corrected chi connectivity index (χ2v) is 4.45. The Balaban J connectivity index is 2.07. The molecule has 1 N–H and O–H groups in total. The van der Waals surface area contributed by atoms with Gasteiger partial charge in [0.05, 0.1) is 6.10 Å². The zero-order chi connectivity index (χ0) is 11.9. The zero-order valence-corrected chi connectivity index (χ0v) is 10.1. The van der Waals surface area contributed by atoms with Crippen molar-refractivity contribution in [2.45, 2.75) is 25.4 Å². The summed E-state index contributed by atoms with van der Waals surface area (Å²) in [6.45, 7) is 1.07. The van der Waals surface area contributed by atoms with Crippen LogP contribution in [-0.4, -0.2) is 18.3 Å². The minimum atomic E-state index is 0.180. The molecule has 1 saturated heterocycles. The van der Waals surface area contributed by atoms with Crippen molar-refractivity contribution < 1.29 is 9.84 Å². The third kappa shape index (κ3) is 3.42. The van der Waals surface area contributed by atoms with Crippen molar-refractivity contribution in [1.29, 1.82) is 0 Å². The van der Waals surface area contributed by atoms with Crippen LogP contribution in [0, 0.1) is 5.92 Å². The van der Waals surface area contributed by atoms with Crippen molar-refractivity contribution in [3.8, 4) is 0 Å². The number of aliphatic hydroxyl groups excluding tert-OH is 1. The fraction of sp³-hybridized carbons (Fsp3) is 0.467. The first-order valence-corrected chi connectivity index (χ1v) is 6.36. The lowest BCUT2D eigenvalue weighted by Crippen LogP contribution is -2.21. The summed E-state index contributed by atoms with van der Waals surface area (Å²) in [5, 5.41) is 8.80. The Morgan fingerprint density at radius 3 is 2.88 bits per heavy atom. The summed E-state index contributed by atoms with van der Waals surface area (Å²) in [5.74, 6) is 0.442. The Kier molecular flexibility index (Phi) is 4.77. The van der Waals surface area contributed by atoms with Crippen molar-refractivity contribution in [2.24, 2.45) is 5.92 Å². The standard InChI is InChI=1S/C15H20O2/c16-11-5-4-9-14-10-6-12-17-15(14)13-7-2-1-3-8-13/h1-4,7-9,14-16H,5-6,10-12H2/b9-4+/t14-,15+/m0/s1. The summed E-state index contributed by atoms with van der Waals surface area (Å²) in [6, 6.07) is 10.4. The second kappa shape index (κ2) is 6.58. The average molecular weight is 232 g/mol. The molecule has 2 nitrogen and oxygen atoms in total. The van der Waals surface area contributed by atoms with Crippen molar-refractivity contribution in [2.75, 3.05) is 13.2 Å². The molecule has 17 heavy (non-hydrogen) atoms. The largest absolute Gasteiger partial charge is 0.396 e. The Bertz CT molecular complexity index is 345. The highest BCUT2D eigenvalue weighted by Gasteiger charge is 2.24. The summed E-state index contributed by atoms with van der Waals surface area (Å²) in [6.07, 6.45) is 7.47. The number of hydrogen-bond acceptors (Lipinski definition) is 2. The summed E-state index contributed by atoms with van der Waals surface area (Å²) >= 11 is 0. The maximum Gasteiger partial charge on any atom is 0.0887 e. The van der Waals surface area contributed by atoms with Gasteiger partial charge in [0, 0.05) is 19.1 Å². The Hall–Kier alpha value is -1.12. The summed E-state index contributed by atoms with van der Waals surface area (Å²) in [7, 11) is 0. The van der Waals surface area contributed by atoms with Gasteiger partial charge >= 0.3 is 0 Å². The molecular weight excluding hydrogens is 212 g/mol. The van der Waals surface area contributed by atoms with E-state index < -0.39 is 0 Å². The van der Waals surface area contributed by atoms with Crippen LogP contribution in [0.3, 0.4) is 0 Å². The number of ether oxygens (including phenoxy) is 1. The highest BCUT2D eigenvalue weighted by Crippen LogP contribution is 2.34. The summed E-state index contributed by atoms with van der Waals surface area (Å²) in [5.41, 5.74) is 1.26. The Morgan fingerprint density at radius 1 is 1.29 bits per heavy atom. The van der Waals surface area contributed by atoms with Crippen molar-refractivity contribution in [3.05, 3.63) is 48.0 Å². The van der Waals surface area contributed by atoms with Gasteiger partial charge in [0.15, 0.2) is 0 Å². The van der Waals surface area contributed by atoms with Crippen LogP contribution in [0.4, 0.5) is 0 Å². The highest BCUT2D eigenvalue weighted by molar-refractivity contribution is 5.20. The van der Waals surface area contributed by atoms with E-state index in [0.29, 0.717) is 5.92 Å². The molecule has 0 aliphatic carbocycles. The SMILES string of the molecule is OCC/C=C/[C@H]1CCCO[C@@H]1c1ccccc1. The quantitative estimate of drug-likeness (QED) is 0.808. The predicted octanol–water partition coefficient (Wildman–Crippen LogP) is 3.09. The van der Waals surface area contributed by atoms with Crippen LogP contribution in [0.5, 0.6) is 0 Å². The van der Waals surface area contributed by atoms with Crippen LogP contribution in [0.1, 0.15) is 30.9 Å². The van der Waals surface area contributed by atoms with Gasteiger partial charge in [-0.1, -0.05) is 42.5 Å². The molecule has 1 aliphatic rings. The van der Waals surface area contributed by atoms with Crippen LogP contribution in [-0.2, 0) is 4.74 Å². The lowest BCUT2D eigenvalue weighted by molar-refractivity contribution is -0.0126. The molecule has 92 valence electrons. The van der Waals surface area contributed by atoms with E-state index in [1.54, 1.807) is 0 Å². The predicted molar refractivity (Wildman–Crippen MR) is 68.7 cm³/mol. The van der Waals surface area contributed by atoms with Crippen LogP contribution < -0.4 is 0 Å². The van der Waals surface area contributed by atoms with Gasteiger partial charge in [-0.2, -0.15) is 0 Å². The highest BCUT2D eigenvalue weighted by atomic mass is 16.5. The maximum atomic E-state index is 8.80. The summed E-state index contributed by atoms with van der Waals surface area (Å²) < 4.78 is 5.89. The zero-order valence-electron chi connectivity index (χ0n) is 10.1. The second-order valence-electron chi connectivity index (χ2n) is 4.45. The molecule has 1 aliphatic heterocycles. The molecule has 0 spiro atoms. The number of benzene rings is 1. The summed E-state index contributed by atoms with van der Waals surface area (Å²) in [4.78, 5) is 0. The van der Waals surface area contributed by atoms with Gasteiger partial charge in [0.2, 0.25) is 0 Å². The van der Waals surface area contributed by atoms with E-state index >= 15 is 0 Å². The fourth-order valence-electron chi connectivity index (χ4n) is 2.33. The molecule has 2 heteroatoms. The van der Waals surface area contributed by atoms with E-state index in [-0.39, 0.29) is 12.7 Å². The first-order chi connectivity index (χ1) is 8.42. The molecule has 1 fully saturated rings. The molecule has 0 unspecified atom stereocenters. The van der Waals surface area contributed by atoms with Gasteiger partial charge < -0.3 is 9.84 Å². The van der Waals surface area contributed by atoms with Crippen molar-refractivity contribution in [1.82, 2.24) is 0 Å². The molecular formula is C15H20O2. The molecule has 1 aromatic rings. The third-order valence-corrected chi connectivity index (χ3v) is 3.18. The molecule has 0 saturated carbocycles. The minimum absolute atomic E-state index is 0.180. The van der Waals surface area contributed by atoms with E-state index in [1.807, 2.05) is 6.07 Å². The van der Waals surface area contributed by atoms with Crippen LogP contribution in [0.2, 0.25) is 0 Å². The molecule has 0 bridgehead atoms. The molecule has 2 atom stereocenters. The lowest BCUT2D eigenvalue weighted by Gasteiger charge is -2.30. The first-order valence-electron chi connectivity index (χ1n) is 6.36. The Morgan fingerprint density at radius 2 is 2.12 bits per heavy atom. The number of hydrogen-bond donors (Lipinski definition) is 1. The van der Waals surface area contributed by atoms with Crippen molar-refractivity contribution in [3.63, 3.8) is 0 Å². The topological polar surface area (TPSA) is 29.5 Å². The minimum Gasteiger partial charge on any atom is -0.396 e. The fourth-order valence-corrected chi connectivity index (χ4v) is 2.33. The van der Waals surface area contributed by atoms with Gasteiger partial charge in [0.25, 0.3) is 0 Å². The average Bonchev–Trinajstić information content (AvgIpc) is 2.41. The lowest BCUT2D eigenvalue weighted by atomic mass is 9.89. The van der Waals surface area contributed by atoms with E-state index in [4.69, 9.17) is 9.84 Å². The van der Waals surface area contributed by atoms with Crippen molar-refractivity contribution >= 4 is 0 Å². The molecule has 0 amide bonds. The van der Waals surface area contributed by atoms with Gasteiger partial charge in [0.1, 0.15) is 0 Å².